The Labute approximate surface area is 99.9 Å². The van der Waals surface area contributed by atoms with E-state index in [-0.39, 0.29) is 0 Å². The van der Waals surface area contributed by atoms with Gasteiger partial charge in [-0.25, -0.2) is 4.79 Å². The molecule has 0 spiro atoms. The van der Waals surface area contributed by atoms with Gasteiger partial charge in [-0.3, -0.25) is 4.90 Å². The van der Waals surface area contributed by atoms with Gasteiger partial charge in [-0.1, -0.05) is 0 Å². The highest BCUT2D eigenvalue weighted by atomic mass is 16.5. The van der Waals surface area contributed by atoms with Crippen molar-refractivity contribution in [2.75, 3.05) is 33.3 Å². The number of carbonyl (C=O) groups is 1. The Morgan fingerprint density at radius 2 is 1.53 bits per heavy atom. The molecule has 17 heavy (non-hydrogen) atoms. The summed E-state index contributed by atoms with van der Waals surface area (Å²) in [7, 11) is 6.08. The fourth-order valence-electron chi connectivity index (χ4n) is 1.39. The zero-order valence-electron chi connectivity index (χ0n) is 10.3. The van der Waals surface area contributed by atoms with Crippen LogP contribution in [0.4, 0.5) is 10.5 Å². The molecule has 1 rings (SSSR count). The zero-order chi connectivity index (χ0) is 13.0. The van der Waals surface area contributed by atoms with Gasteiger partial charge < -0.3 is 19.9 Å². The van der Waals surface area contributed by atoms with Crippen LogP contribution in [0.1, 0.15) is 0 Å². The lowest BCUT2D eigenvalue weighted by atomic mass is 10.2. The maximum atomic E-state index is 11.1. The Morgan fingerprint density at radius 3 is 1.94 bits per heavy atom. The highest BCUT2D eigenvalue weighted by Crippen LogP contribution is 2.39. The quantitative estimate of drug-likeness (QED) is 0.858. The molecule has 0 radical (unpaired) electrons. The number of nitrogens with two attached hydrogens (primary N) is 1. The predicted octanol–water partition coefficient (Wildman–Crippen LogP) is 1.23. The van der Waals surface area contributed by atoms with Crippen molar-refractivity contribution in [2.24, 2.45) is 5.73 Å². The van der Waals surface area contributed by atoms with Crippen LogP contribution in [0.2, 0.25) is 0 Å². The molecule has 0 atom stereocenters. The van der Waals surface area contributed by atoms with Gasteiger partial charge in [0.1, 0.15) is 5.75 Å². The van der Waals surface area contributed by atoms with Crippen molar-refractivity contribution in [3.8, 4) is 17.2 Å². The summed E-state index contributed by atoms with van der Waals surface area (Å²) in [4.78, 5) is 12.4. The Kier molecular flexibility index (Phi) is 4.03. The molecular formula is C11H16N2O4. The molecule has 0 aromatic heterocycles. The third-order valence-corrected chi connectivity index (χ3v) is 2.38. The number of ether oxygens (including phenoxy) is 3. The van der Waals surface area contributed by atoms with E-state index in [2.05, 4.69) is 0 Å². The standard InChI is InChI=1S/C11H16N2O4/c1-13(11(12)14)7-5-9(16-3)10(17-4)6-8(7)15-2/h5-6H,1-4H3,(H2,12,14). The summed E-state index contributed by atoms with van der Waals surface area (Å²) in [5.74, 6) is 1.49. The number of urea groups is 1. The number of amides is 2. The highest BCUT2D eigenvalue weighted by Gasteiger charge is 2.17. The fraction of sp³-hybridized carbons (Fsp3) is 0.364. The average Bonchev–Trinajstić information content (AvgIpc) is 2.35. The molecule has 0 heterocycles. The minimum absolute atomic E-state index is 0.476. The molecule has 1 aromatic rings. The van der Waals surface area contributed by atoms with E-state index in [0.717, 1.165) is 0 Å². The molecule has 1 aromatic carbocycles. The first-order chi connectivity index (χ1) is 8.04. The molecule has 0 aliphatic rings. The fourth-order valence-corrected chi connectivity index (χ4v) is 1.39. The van der Waals surface area contributed by atoms with E-state index in [1.54, 1.807) is 19.2 Å². The van der Waals surface area contributed by atoms with Gasteiger partial charge in [0.2, 0.25) is 0 Å². The van der Waals surface area contributed by atoms with Gasteiger partial charge in [0.05, 0.1) is 27.0 Å². The number of benzene rings is 1. The maximum Gasteiger partial charge on any atom is 0.319 e. The molecule has 6 heteroatoms. The molecule has 0 fully saturated rings. The van der Waals surface area contributed by atoms with Gasteiger partial charge in [-0.05, 0) is 0 Å². The normalized spacial score (nSPS) is 9.65. The van der Waals surface area contributed by atoms with E-state index in [4.69, 9.17) is 19.9 Å². The van der Waals surface area contributed by atoms with Crippen molar-refractivity contribution in [1.82, 2.24) is 0 Å². The number of nitrogens with zero attached hydrogens (tertiary/aromatic N) is 1. The van der Waals surface area contributed by atoms with Crippen molar-refractivity contribution in [3.05, 3.63) is 12.1 Å². The van der Waals surface area contributed by atoms with E-state index < -0.39 is 6.03 Å². The number of anilines is 1. The third-order valence-electron chi connectivity index (χ3n) is 2.38. The summed E-state index contributed by atoms with van der Waals surface area (Å²) in [6.45, 7) is 0. The Bertz CT molecular complexity index is 420. The molecular weight excluding hydrogens is 224 g/mol. The number of hydrogen-bond acceptors (Lipinski definition) is 4. The molecule has 0 unspecified atom stereocenters. The van der Waals surface area contributed by atoms with Gasteiger partial charge in [0, 0.05) is 19.2 Å². The van der Waals surface area contributed by atoms with Gasteiger partial charge in [0.15, 0.2) is 11.5 Å². The second-order valence-electron chi connectivity index (χ2n) is 3.28. The zero-order valence-corrected chi connectivity index (χ0v) is 10.3. The first-order valence-corrected chi connectivity index (χ1v) is 4.88. The van der Waals surface area contributed by atoms with Crippen molar-refractivity contribution in [3.63, 3.8) is 0 Å². The summed E-state index contributed by atoms with van der Waals surface area (Å²) in [6.07, 6.45) is 0. The van der Waals surface area contributed by atoms with Crippen molar-refractivity contribution < 1.29 is 19.0 Å². The van der Waals surface area contributed by atoms with Crippen molar-refractivity contribution in [1.29, 1.82) is 0 Å². The van der Waals surface area contributed by atoms with Crippen LogP contribution in [-0.4, -0.2) is 34.4 Å². The molecule has 0 saturated heterocycles. The summed E-state index contributed by atoms with van der Waals surface area (Å²) in [5.41, 5.74) is 5.72. The van der Waals surface area contributed by atoms with Crippen molar-refractivity contribution >= 4 is 11.7 Å². The number of primary amides is 1. The van der Waals surface area contributed by atoms with Crippen LogP contribution in [-0.2, 0) is 0 Å². The second-order valence-corrected chi connectivity index (χ2v) is 3.28. The second kappa shape index (κ2) is 5.29. The first kappa shape index (κ1) is 13.0. The lowest BCUT2D eigenvalue weighted by Crippen LogP contribution is -2.32. The van der Waals surface area contributed by atoms with E-state index in [1.807, 2.05) is 0 Å². The summed E-state index contributed by atoms with van der Waals surface area (Å²) < 4.78 is 15.5. The lowest BCUT2D eigenvalue weighted by Gasteiger charge is -2.19. The molecule has 0 aliphatic heterocycles. The smallest absolute Gasteiger partial charge is 0.319 e. The Morgan fingerprint density at radius 1 is 1.06 bits per heavy atom. The van der Waals surface area contributed by atoms with E-state index in [0.29, 0.717) is 22.9 Å². The average molecular weight is 240 g/mol. The van der Waals surface area contributed by atoms with Crippen molar-refractivity contribution in [2.45, 2.75) is 0 Å². The van der Waals surface area contributed by atoms with E-state index >= 15 is 0 Å². The predicted molar refractivity (Wildman–Crippen MR) is 64.1 cm³/mol. The highest BCUT2D eigenvalue weighted by molar-refractivity contribution is 5.92. The molecule has 94 valence electrons. The SMILES string of the molecule is COc1cc(OC)c(N(C)C(N)=O)cc1OC. The summed E-state index contributed by atoms with van der Waals surface area (Å²) >= 11 is 0. The van der Waals surface area contributed by atoms with Crippen LogP contribution in [0.15, 0.2) is 12.1 Å². The maximum absolute atomic E-state index is 11.1. The minimum Gasteiger partial charge on any atom is -0.494 e. The molecule has 2 N–H and O–H groups in total. The van der Waals surface area contributed by atoms with Gasteiger partial charge in [-0.2, -0.15) is 0 Å². The number of methoxy groups -OCH3 is 3. The summed E-state index contributed by atoms with van der Waals surface area (Å²) in [6, 6.07) is 2.67. The largest absolute Gasteiger partial charge is 0.494 e. The van der Waals surface area contributed by atoms with Crippen LogP contribution in [0, 0.1) is 0 Å². The number of rotatable bonds is 4. The Hall–Kier alpha value is -2.11. The Balaban J connectivity index is 3.33. The van der Waals surface area contributed by atoms with E-state index in [1.165, 1.54) is 26.2 Å². The van der Waals surface area contributed by atoms with Gasteiger partial charge >= 0.3 is 6.03 Å². The van der Waals surface area contributed by atoms with Gasteiger partial charge in [0.25, 0.3) is 0 Å². The minimum atomic E-state index is -0.587. The summed E-state index contributed by atoms with van der Waals surface area (Å²) in [5, 5.41) is 0. The lowest BCUT2D eigenvalue weighted by molar-refractivity contribution is 0.255. The van der Waals surface area contributed by atoms with Crippen LogP contribution in [0.5, 0.6) is 17.2 Å². The molecule has 0 saturated carbocycles. The number of hydrogen-bond donors (Lipinski definition) is 1. The first-order valence-electron chi connectivity index (χ1n) is 4.88. The van der Waals surface area contributed by atoms with Crippen LogP contribution in [0.25, 0.3) is 0 Å². The molecule has 2 amide bonds. The molecule has 6 nitrogen and oxygen atoms in total. The van der Waals surface area contributed by atoms with E-state index in [9.17, 15) is 4.79 Å². The van der Waals surface area contributed by atoms with Crippen LogP contribution < -0.4 is 24.8 Å². The van der Waals surface area contributed by atoms with Gasteiger partial charge in [-0.15, -0.1) is 0 Å². The monoisotopic (exact) mass is 240 g/mol. The van der Waals surface area contributed by atoms with Crippen LogP contribution >= 0.6 is 0 Å². The number of carbonyl (C=O) groups excluding carboxylic acids is 1. The topological polar surface area (TPSA) is 74.0 Å². The molecule has 0 aliphatic carbocycles. The molecule has 0 bridgehead atoms. The third kappa shape index (κ3) is 2.52. The van der Waals surface area contributed by atoms with Crippen LogP contribution in [0.3, 0.4) is 0 Å².